The quantitative estimate of drug-likeness (QED) is 0.826. The first-order valence-electron chi connectivity index (χ1n) is 6.57. The lowest BCUT2D eigenvalue weighted by atomic mass is 10.00. The Morgan fingerprint density at radius 2 is 1.60 bits per heavy atom. The van der Waals surface area contributed by atoms with Crippen molar-refractivity contribution < 1.29 is 13.2 Å². The number of fused-ring (bicyclic) bond motifs is 1. The van der Waals surface area contributed by atoms with Crippen molar-refractivity contribution in [3.8, 4) is 0 Å². The minimum Gasteiger partial charge on any atom is -0.250 e. The molecule has 0 unspecified atom stereocenters. The van der Waals surface area contributed by atoms with Crippen LogP contribution in [0.5, 0.6) is 0 Å². The predicted octanol–water partition coefficient (Wildman–Crippen LogP) is 4.23. The van der Waals surface area contributed by atoms with Gasteiger partial charge in [0, 0.05) is 12.4 Å². The Bertz CT molecular complexity index is 639. The van der Waals surface area contributed by atoms with Gasteiger partial charge in [-0.15, -0.1) is 0 Å². The van der Waals surface area contributed by atoms with E-state index in [0.717, 1.165) is 0 Å². The first-order chi connectivity index (χ1) is 9.12. The summed E-state index contributed by atoms with van der Waals surface area (Å²) in [5, 5.41) is 4.79. The van der Waals surface area contributed by atoms with Gasteiger partial charge in [-0.05, 0) is 17.9 Å². The average molecular weight is 285 g/mol. The van der Waals surface area contributed by atoms with Gasteiger partial charge in [0.15, 0.2) is 5.65 Å². The van der Waals surface area contributed by atoms with E-state index in [1.807, 2.05) is 13.8 Å². The molecule has 0 saturated carbocycles. The Balaban J connectivity index is 2.84. The molecule has 0 aliphatic rings. The molecule has 2 rings (SSSR count). The Labute approximate surface area is 115 Å². The fourth-order valence-corrected chi connectivity index (χ4v) is 2.31. The van der Waals surface area contributed by atoms with Gasteiger partial charge in [0.1, 0.15) is 0 Å². The Morgan fingerprint density at radius 1 is 1.05 bits per heavy atom. The minimum atomic E-state index is -4.40. The zero-order chi connectivity index (χ0) is 15.2. The summed E-state index contributed by atoms with van der Waals surface area (Å²) in [5.74, 6) is -0.250. The first kappa shape index (κ1) is 14.8. The highest BCUT2D eigenvalue weighted by Crippen LogP contribution is 2.37. The molecule has 0 N–H and O–H groups in total. The maximum Gasteiger partial charge on any atom is 0.418 e. The van der Waals surface area contributed by atoms with Crippen molar-refractivity contribution in [1.29, 1.82) is 0 Å². The molecule has 0 aromatic carbocycles. The van der Waals surface area contributed by atoms with Gasteiger partial charge in [0.05, 0.1) is 17.0 Å². The molecule has 2 aromatic rings. The normalized spacial score (nSPS) is 12.9. The van der Waals surface area contributed by atoms with E-state index in [1.165, 1.54) is 6.07 Å². The van der Waals surface area contributed by atoms with Crippen molar-refractivity contribution in [1.82, 2.24) is 14.8 Å². The molecule has 0 radical (unpaired) electrons. The van der Waals surface area contributed by atoms with Crippen molar-refractivity contribution in [2.24, 2.45) is 7.05 Å². The van der Waals surface area contributed by atoms with Crippen molar-refractivity contribution in [2.45, 2.75) is 45.7 Å². The number of aryl methyl sites for hydroxylation is 1. The highest BCUT2D eigenvalue weighted by molar-refractivity contribution is 5.80. The lowest BCUT2D eigenvalue weighted by Crippen LogP contribution is -2.12. The number of alkyl halides is 3. The summed E-state index contributed by atoms with van der Waals surface area (Å²) < 4.78 is 41.2. The van der Waals surface area contributed by atoms with Crippen LogP contribution in [0.3, 0.4) is 0 Å². The van der Waals surface area contributed by atoms with Crippen molar-refractivity contribution in [2.75, 3.05) is 0 Å². The molecule has 0 saturated heterocycles. The van der Waals surface area contributed by atoms with Crippen LogP contribution >= 0.6 is 0 Å². The summed E-state index contributed by atoms with van der Waals surface area (Å²) in [6.07, 6.45) is -4.40. The second kappa shape index (κ2) is 4.75. The summed E-state index contributed by atoms with van der Waals surface area (Å²) >= 11 is 0. The number of nitrogens with zero attached hydrogens (tertiary/aromatic N) is 3. The van der Waals surface area contributed by atoms with E-state index < -0.39 is 11.7 Å². The molecular formula is C14H18F3N3. The van der Waals surface area contributed by atoms with Crippen LogP contribution in [0.25, 0.3) is 11.0 Å². The van der Waals surface area contributed by atoms with E-state index in [4.69, 9.17) is 0 Å². The Kier molecular flexibility index (Phi) is 3.52. The van der Waals surface area contributed by atoms with Gasteiger partial charge in [0.25, 0.3) is 0 Å². The van der Waals surface area contributed by atoms with Crippen LogP contribution in [0, 0.1) is 0 Å². The topological polar surface area (TPSA) is 30.7 Å². The molecule has 110 valence electrons. The molecule has 0 atom stereocenters. The standard InChI is InChI=1S/C14H18F3N3/c1-7(2)11-9-6-10(14(15,16)17)12(8(3)4)18-13(9)20(5)19-11/h6-8H,1-5H3. The van der Waals surface area contributed by atoms with Gasteiger partial charge < -0.3 is 0 Å². The van der Waals surface area contributed by atoms with Crippen LogP contribution in [0.1, 0.15) is 56.5 Å². The third-order valence-corrected chi connectivity index (χ3v) is 3.27. The van der Waals surface area contributed by atoms with Crippen LogP contribution in [0.2, 0.25) is 0 Å². The molecule has 0 aliphatic heterocycles. The van der Waals surface area contributed by atoms with E-state index in [-0.39, 0.29) is 17.5 Å². The Morgan fingerprint density at radius 3 is 2.05 bits per heavy atom. The summed E-state index contributed by atoms with van der Waals surface area (Å²) in [5.41, 5.74) is 0.569. The summed E-state index contributed by atoms with van der Waals surface area (Å²) in [6.45, 7) is 7.24. The minimum absolute atomic E-state index is 0.0477. The molecule has 0 bridgehead atoms. The lowest BCUT2D eigenvalue weighted by Gasteiger charge is -2.15. The van der Waals surface area contributed by atoms with E-state index in [2.05, 4.69) is 10.1 Å². The highest BCUT2D eigenvalue weighted by atomic mass is 19.4. The summed E-state index contributed by atoms with van der Waals surface area (Å²) in [7, 11) is 1.71. The number of hydrogen-bond donors (Lipinski definition) is 0. The number of aromatic nitrogens is 3. The number of hydrogen-bond acceptors (Lipinski definition) is 2. The van der Waals surface area contributed by atoms with E-state index in [0.29, 0.717) is 16.7 Å². The molecule has 0 fully saturated rings. The van der Waals surface area contributed by atoms with Gasteiger partial charge in [-0.25, -0.2) is 4.98 Å². The van der Waals surface area contributed by atoms with E-state index in [1.54, 1.807) is 25.6 Å². The molecule has 0 amide bonds. The third kappa shape index (κ3) is 2.39. The maximum absolute atomic E-state index is 13.2. The van der Waals surface area contributed by atoms with Gasteiger partial charge in [-0.1, -0.05) is 27.7 Å². The molecule has 20 heavy (non-hydrogen) atoms. The molecule has 6 heteroatoms. The second-order valence-corrected chi connectivity index (χ2v) is 5.61. The zero-order valence-electron chi connectivity index (χ0n) is 12.2. The van der Waals surface area contributed by atoms with E-state index in [9.17, 15) is 13.2 Å². The Hall–Kier alpha value is -1.59. The third-order valence-electron chi connectivity index (χ3n) is 3.27. The smallest absolute Gasteiger partial charge is 0.250 e. The summed E-state index contributed by atoms with van der Waals surface area (Å²) in [6, 6.07) is 1.19. The number of rotatable bonds is 2. The molecule has 2 aromatic heterocycles. The van der Waals surface area contributed by atoms with Crippen LogP contribution in [-0.2, 0) is 13.2 Å². The predicted molar refractivity (Wildman–Crippen MR) is 71.7 cm³/mol. The van der Waals surface area contributed by atoms with Crippen molar-refractivity contribution >= 4 is 11.0 Å². The molecule has 2 heterocycles. The molecule has 0 spiro atoms. The fourth-order valence-electron chi connectivity index (χ4n) is 2.31. The van der Waals surface area contributed by atoms with Crippen molar-refractivity contribution in [3.05, 3.63) is 23.0 Å². The highest BCUT2D eigenvalue weighted by Gasteiger charge is 2.36. The van der Waals surface area contributed by atoms with Crippen LogP contribution < -0.4 is 0 Å². The zero-order valence-corrected chi connectivity index (χ0v) is 12.2. The van der Waals surface area contributed by atoms with Gasteiger partial charge in [-0.3, -0.25) is 4.68 Å². The van der Waals surface area contributed by atoms with Crippen LogP contribution in [0.15, 0.2) is 6.07 Å². The first-order valence-corrected chi connectivity index (χ1v) is 6.57. The van der Waals surface area contributed by atoms with Gasteiger partial charge in [-0.2, -0.15) is 18.3 Å². The largest absolute Gasteiger partial charge is 0.418 e. The lowest BCUT2D eigenvalue weighted by molar-refractivity contribution is -0.138. The average Bonchev–Trinajstić information content (AvgIpc) is 2.64. The van der Waals surface area contributed by atoms with Gasteiger partial charge >= 0.3 is 6.18 Å². The summed E-state index contributed by atoms with van der Waals surface area (Å²) in [4.78, 5) is 4.22. The van der Waals surface area contributed by atoms with Crippen molar-refractivity contribution in [3.63, 3.8) is 0 Å². The molecule has 3 nitrogen and oxygen atoms in total. The second-order valence-electron chi connectivity index (χ2n) is 5.61. The SMILES string of the molecule is CC(C)c1nc2c(cc1C(F)(F)F)c(C(C)C)nn2C. The maximum atomic E-state index is 13.2. The van der Waals surface area contributed by atoms with E-state index >= 15 is 0 Å². The fraction of sp³-hybridized carbons (Fsp3) is 0.571. The molecular weight excluding hydrogens is 267 g/mol. The van der Waals surface area contributed by atoms with Crippen LogP contribution in [-0.4, -0.2) is 14.8 Å². The van der Waals surface area contributed by atoms with Crippen LogP contribution in [0.4, 0.5) is 13.2 Å². The monoisotopic (exact) mass is 285 g/mol. The number of pyridine rings is 1. The van der Waals surface area contributed by atoms with Gasteiger partial charge in [0.2, 0.25) is 0 Å². The molecule has 0 aliphatic carbocycles. The number of halogens is 3.